The van der Waals surface area contributed by atoms with E-state index in [2.05, 4.69) is 45.7 Å². The number of rotatable bonds is 4. The molecule has 5 heteroatoms. The standard InChI is InChI=1S/C12H17Br2NO.ClH/c1-7(2)3-4-11(15)8-5-9(13)12(16)10(14)6-8;/h5-7,11,16H,3-4,15H2,1-2H3;1H/t11-;/m1./s1. The monoisotopic (exact) mass is 385 g/mol. The highest BCUT2D eigenvalue weighted by Crippen LogP contribution is 2.35. The Hall–Kier alpha value is 0.230. The van der Waals surface area contributed by atoms with Crippen molar-refractivity contribution in [3.63, 3.8) is 0 Å². The van der Waals surface area contributed by atoms with E-state index in [1.165, 1.54) is 0 Å². The van der Waals surface area contributed by atoms with Crippen LogP contribution in [-0.4, -0.2) is 5.11 Å². The number of nitrogens with two attached hydrogens (primary N) is 1. The fourth-order valence-electron chi connectivity index (χ4n) is 1.48. The molecule has 0 aliphatic rings. The number of benzene rings is 1. The van der Waals surface area contributed by atoms with Crippen LogP contribution in [0.15, 0.2) is 21.1 Å². The third-order valence-corrected chi connectivity index (χ3v) is 3.73. The van der Waals surface area contributed by atoms with Crippen LogP contribution in [0.5, 0.6) is 5.75 Å². The fraction of sp³-hybridized carbons (Fsp3) is 0.500. The van der Waals surface area contributed by atoms with Crippen LogP contribution in [0.3, 0.4) is 0 Å². The van der Waals surface area contributed by atoms with Gasteiger partial charge >= 0.3 is 0 Å². The normalized spacial score (nSPS) is 12.4. The average molecular weight is 388 g/mol. The lowest BCUT2D eigenvalue weighted by atomic mass is 9.98. The van der Waals surface area contributed by atoms with Crippen LogP contribution in [0.2, 0.25) is 0 Å². The summed E-state index contributed by atoms with van der Waals surface area (Å²) < 4.78 is 1.36. The summed E-state index contributed by atoms with van der Waals surface area (Å²) in [6.07, 6.45) is 2.07. The zero-order valence-electron chi connectivity index (χ0n) is 9.91. The molecule has 0 radical (unpaired) electrons. The van der Waals surface area contributed by atoms with Gasteiger partial charge in [-0.2, -0.15) is 0 Å². The summed E-state index contributed by atoms with van der Waals surface area (Å²) in [5.41, 5.74) is 7.15. The van der Waals surface area contributed by atoms with Gasteiger partial charge in [-0.3, -0.25) is 0 Å². The first-order valence-electron chi connectivity index (χ1n) is 5.35. The number of hydrogen-bond donors (Lipinski definition) is 2. The number of hydrogen-bond acceptors (Lipinski definition) is 2. The van der Waals surface area contributed by atoms with Gasteiger partial charge in [0.15, 0.2) is 0 Å². The molecule has 98 valence electrons. The molecule has 0 fully saturated rings. The molecule has 0 bridgehead atoms. The van der Waals surface area contributed by atoms with E-state index < -0.39 is 0 Å². The number of halogens is 3. The second kappa shape index (κ2) is 7.62. The summed E-state index contributed by atoms with van der Waals surface area (Å²) in [5.74, 6) is 0.884. The molecular weight excluding hydrogens is 369 g/mol. The Balaban J connectivity index is 0.00000256. The van der Waals surface area contributed by atoms with Gasteiger partial charge in [-0.1, -0.05) is 13.8 Å². The lowest BCUT2D eigenvalue weighted by Crippen LogP contribution is -2.11. The minimum absolute atomic E-state index is 0. The predicted octanol–water partition coefficient (Wildman–Crippen LogP) is 4.78. The van der Waals surface area contributed by atoms with E-state index in [1.807, 2.05) is 12.1 Å². The SMILES string of the molecule is CC(C)CC[C@@H](N)c1cc(Br)c(O)c(Br)c1.Cl. The van der Waals surface area contributed by atoms with Crippen molar-refractivity contribution in [2.45, 2.75) is 32.7 Å². The molecule has 0 saturated carbocycles. The third kappa shape index (κ3) is 5.16. The Kier molecular flexibility index (Phi) is 7.72. The van der Waals surface area contributed by atoms with Crippen molar-refractivity contribution >= 4 is 44.3 Å². The van der Waals surface area contributed by atoms with Gasteiger partial charge in [-0.25, -0.2) is 0 Å². The summed E-state index contributed by atoms with van der Waals surface area (Å²) in [6.45, 7) is 4.38. The predicted molar refractivity (Wildman–Crippen MR) is 81.8 cm³/mol. The molecule has 0 heterocycles. The molecule has 2 nitrogen and oxygen atoms in total. The van der Waals surface area contributed by atoms with E-state index >= 15 is 0 Å². The highest BCUT2D eigenvalue weighted by molar-refractivity contribution is 9.11. The molecule has 0 amide bonds. The zero-order chi connectivity index (χ0) is 12.3. The van der Waals surface area contributed by atoms with Crippen LogP contribution in [0.4, 0.5) is 0 Å². The smallest absolute Gasteiger partial charge is 0.143 e. The Labute approximate surface area is 126 Å². The molecule has 1 atom stereocenters. The van der Waals surface area contributed by atoms with Gasteiger partial charge < -0.3 is 10.8 Å². The van der Waals surface area contributed by atoms with Crippen molar-refractivity contribution in [3.05, 3.63) is 26.6 Å². The van der Waals surface area contributed by atoms with E-state index in [0.717, 1.165) is 18.4 Å². The quantitative estimate of drug-likeness (QED) is 0.781. The van der Waals surface area contributed by atoms with Crippen molar-refractivity contribution in [1.29, 1.82) is 0 Å². The van der Waals surface area contributed by atoms with Crippen molar-refractivity contribution in [2.24, 2.45) is 11.7 Å². The summed E-state index contributed by atoms with van der Waals surface area (Å²) in [4.78, 5) is 0. The largest absolute Gasteiger partial charge is 0.506 e. The summed E-state index contributed by atoms with van der Waals surface area (Å²) in [7, 11) is 0. The van der Waals surface area contributed by atoms with Gasteiger partial charge in [-0.05, 0) is 68.3 Å². The number of phenols is 1. The molecule has 0 spiro atoms. The molecule has 3 N–H and O–H groups in total. The van der Waals surface area contributed by atoms with Crippen LogP contribution in [-0.2, 0) is 0 Å². The molecule has 17 heavy (non-hydrogen) atoms. The maximum atomic E-state index is 9.60. The van der Waals surface area contributed by atoms with Crippen molar-refractivity contribution < 1.29 is 5.11 Å². The first-order chi connectivity index (χ1) is 7.41. The Morgan fingerprint density at radius 2 is 1.65 bits per heavy atom. The van der Waals surface area contributed by atoms with Crippen molar-refractivity contribution in [3.8, 4) is 5.75 Å². The van der Waals surface area contributed by atoms with Gasteiger partial charge in [0.05, 0.1) is 8.95 Å². The van der Waals surface area contributed by atoms with E-state index in [-0.39, 0.29) is 24.2 Å². The Morgan fingerprint density at radius 3 is 2.06 bits per heavy atom. The van der Waals surface area contributed by atoms with E-state index in [4.69, 9.17) is 5.73 Å². The molecule has 1 aromatic carbocycles. The molecule has 0 unspecified atom stereocenters. The second-order valence-corrected chi connectivity index (χ2v) is 6.12. The van der Waals surface area contributed by atoms with Crippen LogP contribution in [0, 0.1) is 5.92 Å². The summed E-state index contributed by atoms with van der Waals surface area (Å²) in [5, 5.41) is 9.60. The molecule has 1 rings (SSSR count). The van der Waals surface area contributed by atoms with Crippen molar-refractivity contribution in [1.82, 2.24) is 0 Å². The molecule has 0 aromatic heterocycles. The first kappa shape index (κ1) is 17.2. The lowest BCUT2D eigenvalue weighted by Gasteiger charge is -2.15. The van der Waals surface area contributed by atoms with Gasteiger partial charge in [0.25, 0.3) is 0 Å². The van der Waals surface area contributed by atoms with Crippen LogP contribution >= 0.6 is 44.3 Å². The minimum atomic E-state index is 0. The molecule has 0 aliphatic carbocycles. The molecule has 1 aromatic rings. The topological polar surface area (TPSA) is 46.2 Å². The maximum Gasteiger partial charge on any atom is 0.143 e. The van der Waals surface area contributed by atoms with Gasteiger partial charge in [0.1, 0.15) is 5.75 Å². The summed E-state index contributed by atoms with van der Waals surface area (Å²) in [6, 6.07) is 3.78. The van der Waals surface area contributed by atoms with E-state index in [9.17, 15) is 5.11 Å². The van der Waals surface area contributed by atoms with Crippen LogP contribution < -0.4 is 5.73 Å². The molecular formula is C12H18Br2ClNO. The average Bonchev–Trinajstić information content (AvgIpc) is 2.21. The van der Waals surface area contributed by atoms with Crippen molar-refractivity contribution in [2.75, 3.05) is 0 Å². The summed E-state index contributed by atoms with van der Waals surface area (Å²) >= 11 is 6.62. The minimum Gasteiger partial charge on any atom is -0.506 e. The van der Waals surface area contributed by atoms with E-state index in [1.54, 1.807) is 0 Å². The lowest BCUT2D eigenvalue weighted by molar-refractivity contribution is 0.466. The van der Waals surface area contributed by atoms with Gasteiger partial charge in [0, 0.05) is 6.04 Å². The molecule has 0 aliphatic heterocycles. The van der Waals surface area contributed by atoms with Gasteiger partial charge in [-0.15, -0.1) is 12.4 Å². The first-order valence-corrected chi connectivity index (χ1v) is 6.94. The highest BCUT2D eigenvalue weighted by atomic mass is 79.9. The second-order valence-electron chi connectivity index (χ2n) is 4.41. The Morgan fingerprint density at radius 1 is 1.18 bits per heavy atom. The van der Waals surface area contributed by atoms with Crippen LogP contribution in [0.1, 0.15) is 38.3 Å². The number of aromatic hydroxyl groups is 1. The number of phenolic OH excluding ortho intramolecular Hbond substituents is 1. The highest BCUT2D eigenvalue weighted by Gasteiger charge is 2.12. The fourth-order valence-corrected chi connectivity index (χ4v) is 2.70. The van der Waals surface area contributed by atoms with Crippen LogP contribution in [0.25, 0.3) is 0 Å². The Bertz CT molecular complexity index is 349. The zero-order valence-corrected chi connectivity index (χ0v) is 13.9. The maximum absolute atomic E-state index is 9.60. The third-order valence-electron chi connectivity index (χ3n) is 2.52. The molecule has 0 saturated heterocycles. The van der Waals surface area contributed by atoms with Gasteiger partial charge in [0.2, 0.25) is 0 Å². The van der Waals surface area contributed by atoms with E-state index in [0.29, 0.717) is 14.9 Å².